The second-order valence-electron chi connectivity index (χ2n) is 10.4. The lowest BCUT2D eigenvalue weighted by Gasteiger charge is -2.25. The van der Waals surface area contributed by atoms with Crippen molar-refractivity contribution in [3.05, 3.63) is 68.6 Å². The molecule has 0 aromatic heterocycles. The standard InChI is InChI=1S/C36H48Br2O2/c1-3-5-7-9-11-13-29-39-35(19-15-17-31-21-25-33(37)26-22-31)36(40-30-14-12-10-8-6-4-2)20-16-18-32-23-27-34(38)28-24-32/h21-28,35-36H,3-14,19-20,29-30H2,1-2H3/t35-,36-/m0/s1. The molecular weight excluding hydrogens is 624 g/mol. The molecule has 0 amide bonds. The molecule has 0 bridgehead atoms. The largest absolute Gasteiger partial charge is 0.374 e. The van der Waals surface area contributed by atoms with Gasteiger partial charge in [0.25, 0.3) is 0 Å². The number of unbranched alkanes of at least 4 members (excludes halogenated alkanes) is 10. The minimum Gasteiger partial charge on any atom is -0.374 e. The second kappa shape index (κ2) is 23.1. The highest BCUT2D eigenvalue weighted by Gasteiger charge is 2.22. The van der Waals surface area contributed by atoms with E-state index in [-0.39, 0.29) is 12.2 Å². The summed E-state index contributed by atoms with van der Waals surface area (Å²) in [6, 6.07) is 16.3. The molecule has 0 aliphatic carbocycles. The second-order valence-corrected chi connectivity index (χ2v) is 12.2. The third-order valence-corrected chi connectivity index (χ3v) is 7.89. The van der Waals surface area contributed by atoms with Crippen LogP contribution in [0.25, 0.3) is 0 Å². The fraction of sp³-hybridized carbons (Fsp3) is 0.556. The van der Waals surface area contributed by atoms with Gasteiger partial charge >= 0.3 is 0 Å². The molecule has 2 atom stereocenters. The van der Waals surface area contributed by atoms with Crippen LogP contribution in [-0.2, 0) is 9.47 Å². The van der Waals surface area contributed by atoms with E-state index in [1.54, 1.807) is 0 Å². The Bertz CT molecular complexity index is 939. The zero-order chi connectivity index (χ0) is 28.7. The van der Waals surface area contributed by atoms with Gasteiger partial charge in [0.1, 0.15) is 0 Å². The molecular formula is C36H48Br2O2. The summed E-state index contributed by atoms with van der Waals surface area (Å²) in [5.41, 5.74) is 2.02. The van der Waals surface area contributed by atoms with Crippen LogP contribution in [0.15, 0.2) is 57.5 Å². The Balaban J connectivity index is 2.07. The van der Waals surface area contributed by atoms with E-state index in [1.807, 2.05) is 48.5 Å². The maximum Gasteiger partial charge on any atom is 0.0955 e. The average molecular weight is 673 g/mol. The van der Waals surface area contributed by atoms with E-state index in [0.717, 1.165) is 46.1 Å². The molecule has 2 aromatic rings. The molecule has 4 heteroatoms. The van der Waals surface area contributed by atoms with Crippen molar-refractivity contribution >= 4 is 31.9 Å². The highest BCUT2D eigenvalue weighted by Crippen LogP contribution is 2.17. The van der Waals surface area contributed by atoms with Crippen molar-refractivity contribution in [2.24, 2.45) is 0 Å². The van der Waals surface area contributed by atoms with Crippen LogP contribution in [-0.4, -0.2) is 25.4 Å². The highest BCUT2D eigenvalue weighted by molar-refractivity contribution is 9.10. The number of hydrogen-bond donors (Lipinski definition) is 0. The monoisotopic (exact) mass is 670 g/mol. The molecule has 0 heterocycles. The first-order chi connectivity index (χ1) is 19.6. The van der Waals surface area contributed by atoms with Gasteiger partial charge in [0.15, 0.2) is 0 Å². The maximum absolute atomic E-state index is 6.49. The molecule has 0 saturated carbocycles. The van der Waals surface area contributed by atoms with Gasteiger partial charge in [-0.2, -0.15) is 0 Å². The zero-order valence-corrected chi connectivity index (χ0v) is 27.8. The SMILES string of the molecule is CCCCCCCCO[C@@H](CC#Cc1ccc(Br)cc1)[C@H](CC#Cc1ccc(Br)cc1)OCCCCCCCC. The maximum atomic E-state index is 6.49. The van der Waals surface area contributed by atoms with Crippen LogP contribution in [0.1, 0.15) is 115 Å². The molecule has 0 fully saturated rings. The Hall–Kier alpha value is -1.56. The van der Waals surface area contributed by atoms with Gasteiger partial charge in [-0.3, -0.25) is 0 Å². The van der Waals surface area contributed by atoms with Crippen molar-refractivity contribution < 1.29 is 9.47 Å². The van der Waals surface area contributed by atoms with Gasteiger partial charge in [-0.05, 0) is 61.4 Å². The van der Waals surface area contributed by atoms with Crippen molar-refractivity contribution in [3.8, 4) is 23.7 Å². The fourth-order valence-corrected chi connectivity index (χ4v) is 4.93. The molecule has 2 rings (SSSR count). The van der Waals surface area contributed by atoms with E-state index < -0.39 is 0 Å². The van der Waals surface area contributed by atoms with Gasteiger partial charge in [-0.15, -0.1) is 0 Å². The topological polar surface area (TPSA) is 18.5 Å². The zero-order valence-electron chi connectivity index (χ0n) is 24.7. The number of rotatable bonds is 19. The van der Waals surface area contributed by atoms with Crippen molar-refractivity contribution in [3.63, 3.8) is 0 Å². The lowest BCUT2D eigenvalue weighted by atomic mass is 10.1. The number of halogens is 2. The Morgan fingerprint density at radius 3 is 1.25 bits per heavy atom. The van der Waals surface area contributed by atoms with Gasteiger partial charge in [-0.25, -0.2) is 0 Å². The third kappa shape index (κ3) is 16.6. The van der Waals surface area contributed by atoms with Gasteiger partial charge in [0, 0.05) is 46.1 Å². The minimum atomic E-state index is -0.0992. The van der Waals surface area contributed by atoms with Crippen LogP contribution < -0.4 is 0 Å². The van der Waals surface area contributed by atoms with E-state index in [9.17, 15) is 0 Å². The van der Waals surface area contributed by atoms with Crippen molar-refractivity contribution in [1.82, 2.24) is 0 Å². The van der Waals surface area contributed by atoms with E-state index >= 15 is 0 Å². The lowest BCUT2D eigenvalue weighted by molar-refractivity contribution is -0.0700. The molecule has 0 N–H and O–H groups in total. The van der Waals surface area contributed by atoms with Crippen LogP contribution in [0.3, 0.4) is 0 Å². The minimum absolute atomic E-state index is 0.0992. The van der Waals surface area contributed by atoms with Crippen LogP contribution in [0.5, 0.6) is 0 Å². The van der Waals surface area contributed by atoms with E-state index in [0.29, 0.717) is 12.8 Å². The summed E-state index contributed by atoms with van der Waals surface area (Å²) in [5.74, 6) is 13.4. The molecule has 0 saturated heterocycles. The quantitative estimate of drug-likeness (QED) is 0.109. The number of hydrogen-bond acceptors (Lipinski definition) is 2. The first kappa shape index (κ1) is 34.6. The molecule has 40 heavy (non-hydrogen) atoms. The van der Waals surface area contributed by atoms with E-state index in [4.69, 9.17) is 9.47 Å². The van der Waals surface area contributed by atoms with Gasteiger partial charge in [0.05, 0.1) is 12.2 Å². The predicted octanol–water partition coefficient (Wildman–Crippen LogP) is 10.9. The summed E-state index contributed by atoms with van der Waals surface area (Å²) >= 11 is 7.00. The average Bonchev–Trinajstić information content (AvgIpc) is 2.96. The van der Waals surface area contributed by atoms with Crippen molar-refractivity contribution in [1.29, 1.82) is 0 Å². The molecule has 2 nitrogen and oxygen atoms in total. The van der Waals surface area contributed by atoms with Gasteiger partial charge in [0.2, 0.25) is 0 Å². The summed E-state index contributed by atoms with van der Waals surface area (Å²) in [6.45, 7) is 6.00. The Morgan fingerprint density at radius 2 is 0.875 bits per heavy atom. The fourth-order valence-electron chi connectivity index (χ4n) is 4.40. The predicted molar refractivity (Wildman–Crippen MR) is 178 cm³/mol. The van der Waals surface area contributed by atoms with Crippen LogP contribution in [0, 0.1) is 23.7 Å². The third-order valence-electron chi connectivity index (χ3n) is 6.83. The summed E-state index contributed by atoms with van der Waals surface area (Å²) < 4.78 is 15.1. The summed E-state index contributed by atoms with van der Waals surface area (Å²) in [5, 5.41) is 0. The Morgan fingerprint density at radius 1 is 0.525 bits per heavy atom. The number of ether oxygens (including phenoxy) is 2. The van der Waals surface area contributed by atoms with Crippen molar-refractivity contribution in [2.45, 2.75) is 116 Å². The Kier molecular flexibility index (Phi) is 20.0. The molecule has 0 radical (unpaired) electrons. The first-order valence-electron chi connectivity index (χ1n) is 15.3. The molecule has 0 aliphatic rings. The summed E-state index contributed by atoms with van der Waals surface area (Å²) in [7, 11) is 0. The highest BCUT2D eigenvalue weighted by atomic mass is 79.9. The van der Waals surface area contributed by atoms with Gasteiger partial charge < -0.3 is 9.47 Å². The molecule has 218 valence electrons. The van der Waals surface area contributed by atoms with Crippen LogP contribution in [0.4, 0.5) is 0 Å². The van der Waals surface area contributed by atoms with Crippen molar-refractivity contribution in [2.75, 3.05) is 13.2 Å². The molecule has 2 aromatic carbocycles. The smallest absolute Gasteiger partial charge is 0.0955 e. The Labute approximate surface area is 261 Å². The number of benzene rings is 2. The van der Waals surface area contributed by atoms with Gasteiger partial charge in [-0.1, -0.05) is 134 Å². The molecule has 0 aliphatic heterocycles. The molecule has 0 unspecified atom stereocenters. The lowest BCUT2D eigenvalue weighted by Crippen LogP contribution is -2.32. The summed E-state index contributed by atoms with van der Waals surface area (Å²) in [6.07, 6.45) is 16.0. The van der Waals surface area contributed by atoms with E-state index in [1.165, 1.54) is 64.2 Å². The normalized spacial score (nSPS) is 12.2. The summed E-state index contributed by atoms with van der Waals surface area (Å²) in [4.78, 5) is 0. The van der Waals surface area contributed by atoms with Crippen LogP contribution in [0.2, 0.25) is 0 Å². The van der Waals surface area contributed by atoms with Crippen LogP contribution >= 0.6 is 31.9 Å². The molecule has 0 spiro atoms. The van der Waals surface area contributed by atoms with E-state index in [2.05, 4.69) is 69.4 Å². The first-order valence-corrected chi connectivity index (χ1v) is 16.9.